The van der Waals surface area contributed by atoms with Crippen LogP contribution in [0.3, 0.4) is 0 Å². The van der Waals surface area contributed by atoms with Crippen molar-refractivity contribution in [3.63, 3.8) is 0 Å². The normalized spacial score (nSPS) is 11.3. The number of amides is 1. The van der Waals surface area contributed by atoms with Gasteiger partial charge in [0.2, 0.25) is 15.9 Å². The van der Waals surface area contributed by atoms with Gasteiger partial charge in [0.25, 0.3) is 0 Å². The van der Waals surface area contributed by atoms with Crippen LogP contribution in [0.5, 0.6) is 0 Å². The van der Waals surface area contributed by atoms with Crippen molar-refractivity contribution in [3.8, 4) is 0 Å². The standard InChI is InChI=1S/C20H25N3O4S/c1-4-23(5-2)28(26,27)19-12-10-18(11-13-19)22-20(25)14-21-17-8-6-16(7-9-17)15(3)24/h6-13,21H,4-5,14H2,1-3H3,(H,22,25). The first kappa shape index (κ1) is 21.6. The molecule has 2 rings (SSSR count). The molecular formula is C20H25N3O4S. The lowest BCUT2D eigenvalue weighted by atomic mass is 10.1. The van der Waals surface area contributed by atoms with Crippen LogP contribution in [0.4, 0.5) is 11.4 Å². The van der Waals surface area contributed by atoms with Crippen LogP contribution in [0.2, 0.25) is 0 Å². The molecular weight excluding hydrogens is 378 g/mol. The summed E-state index contributed by atoms with van der Waals surface area (Å²) < 4.78 is 26.3. The molecule has 2 aromatic rings. The SMILES string of the molecule is CCN(CC)S(=O)(=O)c1ccc(NC(=O)CNc2ccc(C(C)=O)cc2)cc1. The average Bonchev–Trinajstić information content (AvgIpc) is 2.68. The molecule has 0 fully saturated rings. The molecule has 0 atom stereocenters. The largest absolute Gasteiger partial charge is 0.376 e. The van der Waals surface area contributed by atoms with E-state index in [1.54, 1.807) is 50.2 Å². The average molecular weight is 404 g/mol. The number of rotatable bonds is 9. The lowest BCUT2D eigenvalue weighted by Gasteiger charge is -2.18. The van der Waals surface area contributed by atoms with Gasteiger partial charge in [0.1, 0.15) is 0 Å². The minimum Gasteiger partial charge on any atom is -0.376 e. The molecule has 0 spiro atoms. The highest BCUT2D eigenvalue weighted by Crippen LogP contribution is 2.18. The number of carbonyl (C=O) groups excluding carboxylic acids is 2. The molecule has 28 heavy (non-hydrogen) atoms. The Kier molecular flexibility index (Phi) is 7.31. The Morgan fingerprint density at radius 2 is 1.43 bits per heavy atom. The van der Waals surface area contributed by atoms with Gasteiger partial charge in [-0.15, -0.1) is 0 Å². The summed E-state index contributed by atoms with van der Waals surface area (Å²) in [4.78, 5) is 23.5. The van der Waals surface area contributed by atoms with Gasteiger partial charge in [0.05, 0.1) is 11.4 Å². The number of ketones is 1. The molecule has 0 radical (unpaired) electrons. The maximum Gasteiger partial charge on any atom is 0.243 e. The van der Waals surface area contributed by atoms with Crippen LogP contribution in [-0.4, -0.2) is 44.0 Å². The van der Waals surface area contributed by atoms with Crippen molar-refractivity contribution in [2.75, 3.05) is 30.3 Å². The third-order valence-electron chi connectivity index (χ3n) is 4.23. The number of nitrogens with zero attached hydrogens (tertiary/aromatic N) is 1. The van der Waals surface area contributed by atoms with Gasteiger partial charge in [-0.2, -0.15) is 4.31 Å². The second-order valence-corrected chi connectivity index (χ2v) is 8.09. The lowest BCUT2D eigenvalue weighted by molar-refractivity contribution is -0.114. The van der Waals surface area contributed by atoms with Crippen molar-refractivity contribution < 1.29 is 18.0 Å². The summed E-state index contributed by atoms with van der Waals surface area (Å²) in [6, 6.07) is 12.9. The van der Waals surface area contributed by atoms with Crippen molar-refractivity contribution >= 4 is 33.1 Å². The van der Waals surface area contributed by atoms with Crippen molar-refractivity contribution in [1.29, 1.82) is 0 Å². The molecule has 0 saturated carbocycles. The highest BCUT2D eigenvalue weighted by Gasteiger charge is 2.21. The van der Waals surface area contributed by atoms with Gasteiger partial charge in [-0.25, -0.2) is 8.42 Å². The second kappa shape index (κ2) is 9.48. The summed E-state index contributed by atoms with van der Waals surface area (Å²) in [5, 5.41) is 5.68. The molecule has 0 aliphatic heterocycles. The molecule has 0 aliphatic rings. The zero-order valence-electron chi connectivity index (χ0n) is 16.2. The molecule has 0 heterocycles. The van der Waals surface area contributed by atoms with Crippen molar-refractivity contribution in [3.05, 3.63) is 54.1 Å². The highest BCUT2D eigenvalue weighted by molar-refractivity contribution is 7.89. The monoisotopic (exact) mass is 403 g/mol. The maximum atomic E-state index is 12.5. The first-order valence-electron chi connectivity index (χ1n) is 9.02. The fourth-order valence-corrected chi connectivity index (χ4v) is 4.09. The second-order valence-electron chi connectivity index (χ2n) is 6.15. The van der Waals surface area contributed by atoms with Gasteiger partial charge >= 0.3 is 0 Å². The van der Waals surface area contributed by atoms with Gasteiger partial charge in [0, 0.05) is 30.0 Å². The predicted molar refractivity (Wildman–Crippen MR) is 110 cm³/mol. The minimum atomic E-state index is -3.52. The Hall–Kier alpha value is -2.71. The molecule has 0 aliphatic carbocycles. The lowest BCUT2D eigenvalue weighted by Crippen LogP contribution is -2.30. The summed E-state index contributed by atoms with van der Waals surface area (Å²) in [6.45, 7) is 5.91. The van der Waals surface area contributed by atoms with E-state index in [0.717, 1.165) is 5.69 Å². The zero-order valence-corrected chi connectivity index (χ0v) is 17.0. The molecule has 0 saturated heterocycles. The summed E-state index contributed by atoms with van der Waals surface area (Å²) in [6.07, 6.45) is 0. The Balaban J connectivity index is 1.94. The molecule has 7 nitrogen and oxygen atoms in total. The highest BCUT2D eigenvalue weighted by atomic mass is 32.2. The molecule has 2 N–H and O–H groups in total. The maximum absolute atomic E-state index is 12.5. The van der Waals surface area contributed by atoms with E-state index in [1.165, 1.54) is 23.4 Å². The number of carbonyl (C=O) groups is 2. The van der Waals surface area contributed by atoms with Crippen LogP contribution in [0, 0.1) is 0 Å². The molecule has 8 heteroatoms. The van der Waals surface area contributed by atoms with E-state index in [-0.39, 0.29) is 23.1 Å². The molecule has 150 valence electrons. The number of sulfonamides is 1. The van der Waals surface area contributed by atoms with Gasteiger partial charge in [-0.3, -0.25) is 9.59 Å². The van der Waals surface area contributed by atoms with E-state index in [0.29, 0.717) is 24.3 Å². The van der Waals surface area contributed by atoms with Crippen LogP contribution in [-0.2, 0) is 14.8 Å². The van der Waals surface area contributed by atoms with Gasteiger partial charge < -0.3 is 10.6 Å². The van der Waals surface area contributed by atoms with Crippen molar-refractivity contribution in [1.82, 2.24) is 4.31 Å². The predicted octanol–water partition coefficient (Wildman–Crippen LogP) is 2.97. The summed E-state index contributed by atoms with van der Waals surface area (Å²) in [5.41, 5.74) is 1.84. The number of hydrogen-bond donors (Lipinski definition) is 2. The van der Waals surface area contributed by atoms with Crippen LogP contribution < -0.4 is 10.6 Å². The van der Waals surface area contributed by atoms with Gasteiger partial charge in [-0.05, 0) is 55.5 Å². The number of Topliss-reactive ketones (excluding diaryl/α,β-unsaturated/α-hetero) is 1. The van der Waals surface area contributed by atoms with E-state index in [9.17, 15) is 18.0 Å². The van der Waals surface area contributed by atoms with E-state index in [4.69, 9.17) is 0 Å². The Morgan fingerprint density at radius 3 is 1.93 bits per heavy atom. The quantitative estimate of drug-likeness (QED) is 0.628. The van der Waals surface area contributed by atoms with Gasteiger partial charge in [0.15, 0.2) is 5.78 Å². The molecule has 1 amide bonds. The first-order chi connectivity index (χ1) is 13.3. The summed E-state index contributed by atoms with van der Waals surface area (Å²) in [5.74, 6) is -0.286. The Morgan fingerprint density at radius 1 is 0.893 bits per heavy atom. The molecule has 0 bridgehead atoms. The van der Waals surface area contributed by atoms with E-state index in [2.05, 4.69) is 10.6 Å². The number of hydrogen-bond acceptors (Lipinski definition) is 5. The van der Waals surface area contributed by atoms with Crippen LogP contribution >= 0.6 is 0 Å². The smallest absolute Gasteiger partial charge is 0.243 e. The number of anilines is 2. The fraction of sp³-hybridized carbons (Fsp3) is 0.300. The summed E-state index contributed by atoms with van der Waals surface area (Å²) >= 11 is 0. The fourth-order valence-electron chi connectivity index (χ4n) is 2.63. The molecule has 0 unspecified atom stereocenters. The zero-order chi connectivity index (χ0) is 20.7. The van der Waals surface area contributed by atoms with E-state index < -0.39 is 10.0 Å². The van der Waals surface area contributed by atoms with Crippen molar-refractivity contribution in [2.45, 2.75) is 25.7 Å². The summed E-state index contributed by atoms with van der Waals surface area (Å²) in [7, 11) is -3.52. The number of benzene rings is 2. The van der Waals surface area contributed by atoms with E-state index >= 15 is 0 Å². The third kappa shape index (κ3) is 5.40. The minimum absolute atomic E-state index is 0.0178. The van der Waals surface area contributed by atoms with E-state index in [1.807, 2.05) is 0 Å². The Labute approximate surface area is 165 Å². The molecule has 2 aromatic carbocycles. The molecule has 0 aromatic heterocycles. The van der Waals surface area contributed by atoms with Crippen molar-refractivity contribution in [2.24, 2.45) is 0 Å². The van der Waals surface area contributed by atoms with Crippen LogP contribution in [0.25, 0.3) is 0 Å². The van der Waals surface area contributed by atoms with Crippen LogP contribution in [0.1, 0.15) is 31.1 Å². The topological polar surface area (TPSA) is 95.6 Å². The number of nitrogens with one attached hydrogen (secondary N) is 2. The van der Waals surface area contributed by atoms with Crippen LogP contribution in [0.15, 0.2) is 53.4 Å². The van der Waals surface area contributed by atoms with Gasteiger partial charge in [-0.1, -0.05) is 13.8 Å². The third-order valence-corrected chi connectivity index (χ3v) is 6.29. The first-order valence-corrected chi connectivity index (χ1v) is 10.5. The Bertz CT molecular complexity index is 919.